The molecule has 0 amide bonds. The minimum atomic E-state index is -4.56. The van der Waals surface area contributed by atoms with Crippen molar-refractivity contribution in [1.82, 2.24) is 0 Å². The van der Waals surface area contributed by atoms with E-state index < -0.39 is 29.8 Å². The summed E-state index contributed by atoms with van der Waals surface area (Å²) in [7, 11) is 0. The fourth-order valence-corrected chi connectivity index (χ4v) is 2.57. The summed E-state index contributed by atoms with van der Waals surface area (Å²) in [5.41, 5.74) is -0.954. The highest BCUT2D eigenvalue weighted by Gasteiger charge is 2.31. The average molecular weight is 461 g/mol. The van der Waals surface area contributed by atoms with Crippen molar-refractivity contribution in [2.24, 2.45) is 0 Å². The molecule has 168 valence electrons. The number of aliphatic carboxylic acids is 1. The van der Waals surface area contributed by atoms with Gasteiger partial charge in [0, 0.05) is 6.07 Å². The van der Waals surface area contributed by atoms with Crippen molar-refractivity contribution < 1.29 is 42.1 Å². The van der Waals surface area contributed by atoms with Gasteiger partial charge < -0.3 is 19.3 Å². The van der Waals surface area contributed by atoms with Gasteiger partial charge in [0.25, 0.3) is 0 Å². The lowest BCUT2D eigenvalue weighted by atomic mass is 10.2. The lowest BCUT2D eigenvalue weighted by Crippen LogP contribution is -2.24. The van der Waals surface area contributed by atoms with Crippen LogP contribution >= 0.6 is 11.6 Å². The predicted molar refractivity (Wildman–Crippen MR) is 106 cm³/mol. The SMILES string of the molecule is CCCCOC(=O)c1ccc(Oc2ccc(C(F)(F)F)cc2Cl)cc1OC(C)C(=O)O. The quantitative estimate of drug-likeness (QED) is 0.367. The molecule has 0 aliphatic rings. The Kier molecular flexibility index (Phi) is 8.15. The molecule has 2 aromatic carbocycles. The molecule has 0 heterocycles. The first-order valence-electron chi connectivity index (χ1n) is 9.28. The van der Waals surface area contributed by atoms with E-state index in [2.05, 4.69) is 0 Å². The number of rotatable bonds is 9. The van der Waals surface area contributed by atoms with Crippen LogP contribution in [0, 0.1) is 0 Å². The first-order valence-corrected chi connectivity index (χ1v) is 9.66. The van der Waals surface area contributed by atoms with Crippen LogP contribution in [0.2, 0.25) is 5.02 Å². The highest BCUT2D eigenvalue weighted by molar-refractivity contribution is 6.32. The summed E-state index contributed by atoms with van der Waals surface area (Å²) in [6, 6.07) is 6.50. The van der Waals surface area contributed by atoms with Crippen LogP contribution in [0.15, 0.2) is 36.4 Å². The Balaban J connectivity index is 2.32. The van der Waals surface area contributed by atoms with Crippen molar-refractivity contribution in [2.75, 3.05) is 6.61 Å². The molecule has 6 nitrogen and oxygen atoms in total. The topological polar surface area (TPSA) is 82.1 Å². The zero-order valence-corrected chi connectivity index (χ0v) is 17.4. The van der Waals surface area contributed by atoms with Crippen molar-refractivity contribution in [3.8, 4) is 17.2 Å². The molecule has 0 fully saturated rings. The Morgan fingerprint density at radius 3 is 2.42 bits per heavy atom. The largest absolute Gasteiger partial charge is 0.479 e. The molecule has 0 aliphatic heterocycles. The smallest absolute Gasteiger partial charge is 0.416 e. The lowest BCUT2D eigenvalue weighted by Gasteiger charge is -2.16. The molecule has 0 spiro atoms. The zero-order chi connectivity index (χ0) is 23.2. The Labute approximate surface area is 181 Å². The van der Waals surface area contributed by atoms with Crippen LogP contribution in [0.25, 0.3) is 0 Å². The lowest BCUT2D eigenvalue weighted by molar-refractivity contribution is -0.144. The van der Waals surface area contributed by atoms with Crippen LogP contribution in [0.4, 0.5) is 13.2 Å². The van der Waals surface area contributed by atoms with Gasteiger partial charge in [-0.25, -0.2) is 9.59 Å². The number of carbonyl (C=O) groups is 2. The number of halogens is 4. The fourth-order valence-electron chi connectivity index (χ4n) is 2.35. The Morgan fingerprint density at radius 2 is 1.84 bits per heavy atom. The van der Waals surface area contributed by atoms with Crippen LogP contribution in [0.5, 0.6) is 17.2 Å². The van der Waals surface area contributed by atoms with Gasteiger partial charge in [-0.3, -0.25) is 0 Å². The standard InChI is InChI=1S/C21H20ClF3O6/c1-3-4-9-29-20(28)15-7-6-14(11-18(15)30-12(2)19(26)27)31-17-8-5-13(10-16(17)22)21(23,24)25/h5-8,10-12H,3-4,9H2,1-2H3,(H,26,27). The molecule has 0 saturated carbocycles. The summed E-state index contributed by atoms with van der Waals surface area (Å²) in [6.45, 7) is 3.38. The molecular formula is C21H20ClF3O6. The molecule has 1 atom stereocenters. The van der Waals surface area contributed by atoms with Gasteiger partial charge in [-0.1, -0.05) is 24.9 Å². The molecule has 2 rings (SSSR count). The Bertz CT molecular complexity index is 945. The van der Waals surface area contributed by atoms with E-state index in [-0.39, 0.29) is 34.4 Å². The summed E-state index contributed by atoms with van der Waals surface area (Å²) in [5.74, 6) is -2.08. The van der Waals surface area contributed by atoms with Gasteiger partial charge in [-0.15, -0.1) is 0 Å². The van der Waals surface area contributed by atoms with Crippen LogP contribution in [0.1, 0.15) is 42.6 Å². The summed E-state index contributed by atoms with van der Waals surface area (Å²) in [6.07, 6.45) is -4.38. The average Bonchev–Trinajstić information content (AvgIpc) is 2.69. The van der Waals surface area contributed by atoms with E-state index in [1.54, 1.807) is 0 Å². The Morgan fingerprint density at radius 1 is 1.13 bits per heavy atom. The van der Waals surface area contributed by atoms with Crippen molar-refractivity contribution in [3.05, 3.63) is 52.5 Å². The van der Waals surface area contributed by atoms with Crippen molar-refractivity contribution in [3.63, 3.8) is 0 Å². The van der Waals surface area contributed by atoms with Crippen LogP contribution in [0.3, 0.4) is 0 Å². The molecule has 10 heteroatoms. The number of ether oxygens (including phenoxy) is 3. The van der Waals surface area contributed by atoms with E-state index in [1.807, 2.05) is 6.92 Å². The molecule has 0 radical (unpaired) electrons. The third-order valence-electron chi connectivity index (χ3n) is 4.04. The molecule has 0 aromatic heterocycles. The van der Waals surface area contributed by atoms with E-state index in [4.69, 9.17) is 30.9 Å². The number of benzene rings is 2. The summed E-state index contributed by atoms with van der Waals surface area (Å²) < 4.78 is 54.4. The number of unbranched alkanes of at least 4 members (excludes halogenated alkanes) is 1. The number of carboxylic acid groups (broad SMARTS) is 1. The number of esters is 1. The third-order valence-corrected chi connectivity index (χ3v) is 4.34. The number of carboxylic acids is 1. The number of carbonyl (C=O) groups excluding carboxylic acids is 1. The number of hydrogen-bond acceptors (Lipinski definition) is 5. The number of alkyl halides is 3. The number of hydrogen-bond donors (Lipinski definition) is 1. The van der Waals surface area contributed by atoms with Crippen molar-refractivity contribution in [1.29, 1.82) is 0 Å². The van der Waals surface area contributed by atoms with Gasteiger partial charge in [-0.05, 0) is 43.7 Å². The molecule has 0 saturated heterocycles. The van der Waals surface area contributed by atoms with E-state index in [1.165, 1.54) is 25.1 Å². The van der Waals surface area contributed by atoms with Gasteiger partial charge in [0.05, 0.1) is 17.2 Å². The minimum Gasteiger partial charge on any atom is -0.479 e. The minimum absolute atomic E-state index is 0.0185. The van der Waals surface area contributed by atoms with Gasteiger partial charge in [0.15, 0.2) is 6.10 Å². The van der Waals surface area contributed by atoms with Gasteiger partial charge >= 0.3 is 18.1 Å². The van der Waals surface area contributed by atoms with Crippen LogP contribution < -0.4 is 9.47 Å². The van der Waals surface area contributed by atoms with E-state index >= 15 is 0 Å². The maximum absolute atomic E-state index is 12.8. The van der Waals surface area contributed by atoms with Gasteiger partial charge in [0.1, 0.15) is 22.8 Å². The zero-order valence-electron chi connectivity index (χ0n) is 16.7. The van der Waals surface area contributed by atoms with Gasteiger partial charge in [0.2, 0.25) is 0 Å². The highest BCUT2D eigenvalue weighted by Crippen LogP contribution is 2.37. The summed E-state index contributed by atoms with van der Waals surface area (Å²) in [5, 5.41) is 8.82. The molecule has 1 N–H and O–H groups in total. The molecule has 0 bridgehead atoms. The maximum Gasteiger partial charge on any atom is 0.416 e. The molecule has 1 unspecified atom stereocenters. The van der Waals surface area contributed by atoms with E-state index in [9.17, 15) is 22.8 Å². The second kappa shape index (κ2) is 10.4. The first kappa shape index (κ1) is 24.3. The van der Waals surface area contributed by atoms with Gasteiger partial charge in [-0.2, -0.15) is 13.2 Å². The maximum atomic E-state index is 12.8. The Hall–Kier alpha value is -2.94. The summed E-state index contributed by atoms with van der Waals surface area (Å²) >= 11 is 5.90. The molecular weight excluding hydrogens is 441 g/mol. The molecule has 2 aromatic rings. The molecule has 31 heavy (non-hydrogen) atoms. The highest BCUT2D eigenvalue weighted by atomic mass is 35.5. The monoisotopic (exact) mass is 460 g/mol. The van der Waals surface area contributed by atoms with E-state index in [0.717, 1.165) is 24.6 Å². The summed E-state index contributed by atoms with van der Waals surface area (Å²) in [4.78, 5) is 23.5. The fraction of sp³-hybridized carbons (Fsp3) is 0.333. The van der Waals surface area contributed by atoms with Crippen molar-refractivity contribution >= 4 is 23.5 Å². The van der Waals surface area contributed by atoms with Crippen LogP contribution in [-0.2, 0) is 15.7 Å². The second-order valence-corrected chi connectivity index (χ2v) is 6.90. The second-order valence-electron chi connectivity index (χ2n) is 6.49. The first-order chi connectivity index (χ1) is 14.5. The predicted octanol–water partition coefficient (Wildman–Crippen LogP) is 5.96. The van der Waals surface area contributed by atoms with E-state index in [0.29, 0.717) is 6.42 Å². The molecule has 0 aliphatic carbocycles. The van der Waals surface area contributed by atoms with Crippen LogP contribution in [-0.4, -0.2) is 29.8 Å². The normalized spacial score (nSPS) is 12.2. The van der Waals surface area contributed by atoms with Crippen molar-refractivity contribution in [2.45, 2.75) is 39.0 Å². The third kappa shape index (κ3) is 6.78.